The lowest BCUT2D eigenvalue weighted by Gasteiger charge is -1.98. The highest BCUT2D eigenvalue weighted by atomic mass is 127. The van der Waals surface area contributed by atoms with Crippen LogP contribution in [0.2, 0.25) is 0 Å². The fourth-order valence-corrected chi connectivity index (χ4v) is 3.21. The summed E-state index contributed by atoms with van der Waals surface area (Å²) in [6.07, 6.45) is 3.37. The molecule has 0 atom stereocenters. The van der Waals surface area contributed by atoms with Gasteiger partial charge in [0.1, 0.15) is 0 Å². The van der Waals surface area contributed by atoms with Gasteiger partial charge in [-0.05, 0) is 59.0 Å². The van der Waals surface area contributed by atoms with Crippen molar-refractivity contribution in [3.8, 4) is 0 Å². The van der Waals surface area contributed by atoms with E-state index >= 15 is 0 Å². The van der Waals surface area contributed by atoms with E-state index in [9.17, 15) is 9.59 Å². The van der Waals surface area contributed by atoms with Crippen LogP contribution in [0.1, 0.15) is 22.8 Å². The minimum absolute atomic E-state index is 0.0945. The molecule has 26 heavy (non-hydrogen) atoms. The number of halogens is 1. The quantitative estimate of drug-likeness (QED) is 0.329. The van der Waals surface area contributed by atoms with Gasteiger partial charge in [0, 0.05) is 33.2 Å². The number of aliphatic imine (C=N–C) groups is 1. The van der Waals surface area contributed by atoms with Gasteiger partial charge in [0.2, 0.25) is 11.8 Å². The third kappa shape index (κ3) is 2.96. The van der Waals surface area contributed by atoms with Crippen molar-refractivity contribution in [3.05, 3.63) is 75.1 Å². The lowest BCUT2D eigenvalue weighted by Crippen LogP contribution is -2.05. The van der Waals surface area contributed by atoms with E-state index in [1.54, 1.807) is 16.8 Å². The molecule has 0 amide bonds. The SMILES string of the molecule is CC(=O)n1cc(/C=C2/N=C(c3ccc(I)cc3)OC2=O)c2ccccc21. The number of aromatic nitrogens is 1. The molecule has 0 aliphatic carbocycles. The summed E-state index contributed by atoms with van der Waals surface area (Å²) in [5.74, 6) is -0.311. The zero-order valence-corrected chi connectivity index (χ0v) is 15.9. The molecule has 0 fully saturated rings. The summed E-state index contributed by atoms with van der Waals surface area (Å²) in [5.41, 5.74) is 2.49. The van der Waals surface area contributed by atoms with Crippen LogP contribution in [0.3, 0.4) is 0 Å². The predicted octanol–water partition coefficient (Wildman–Crippen LogP) is 4.25. The number of hydrogen-bond donors (Lipinski definition) is 0. The number of carbonyl (C=O) groups is 2. The highest BCUT2D eigenvalue weighted by Crippen LogP contribution is 2.26. The van der Waals surface area contributed by atoms with E-state index in [0.717, 1.165) is 25.6 Å². The van der Waals surface area contributed by atoms with Crippen LogP contribution in [0.15, 0.2) is 65.4 Å². The number of fused-ring (bicyclic) bond motifs is 1. The Morgan fingerprint density at radius 1 is 1.15 bits per heavy atom. The Kier molecular flexibility index (Phi) is 4.20. The Bertz CT molecular complexity index is 1110. The second-order valence-corrected chi connectivity index (χ2v) is 7.08. The number of cyclic esters (lactones) is 1. The van der Waals surface area contributed by atoms with E-state index in [4.69, 9.17) is 4.74 Å². The Balaban J connectivity index is 1.79. The Morgan fingerprint density at radius 2 is 1.88 bits per heavy atom. The van der Waals surface area contributed by atoms with E-state index in [2.05, 4.69) is 27.6 Å². The first kappa shape index (κ1) is 16.7. The zero-order valence-electron chi connectivity index (χ0n) is 13.8. The van der Waals surface area contributed by atoms with Gasteiger partial charge >= 0.3 is 5.97 Å². The molecule has 0 bridgehead atoms. The Hall–Kier alpha value is -2.74. The summed E-state index contributed by atoms with van der Waals surface area (Å²) in [4.78, 5) is 28.4. The molecule has 4 rings (SSSR count). The van der Waals surface area contributed by atoms with Crippen LogP contribution < -0.4 is 0 Å². The second-order valence-electron chi connectivity index (χ2n) is 5.83. The number of benzene rings is 2. The van der Waals surface area contributed by atoms with Gasteiger partial charge in [-0.1, -0.05) is 18.2 Å². The van der Waals surface area contributed by atoms with Gasteiger partial charge in [-0.15, -0.1) is 0 Å². The minimum Gasteiger partial charge on any atom is -0.402 e. The predicted molar refractivity (Wildman–Crippen MR) is 108 cm³/mol. The summed E-state index contributed by atoms with van der Waals surface area (Å²) in [6.45, 7) is 1.50. The van der Waals surface area contributed by atoms with Gasteiger partial charge in [-0.3, -0.25) is 9.36 Å². The van der Waals surface area contributed by atoms with Gasteiger partial charge in [0.15, 0.2) is 5.70 Å². The van der Waals surface area contributed by atoms with Crippen LogP contribution in [0.5, 0.6) is 0 Å². The lowest BCUT2D eigenvalue weighted by molar-refractivity contribution is -0.129. The Labute approximate surface area is 163 Å². The smallest absolute Gasteiger partial charge is 0.363 e. The fraction of sp³-hybridized carbons (Fsp3) is 0.0500. The number of rotatable bonds is 2. The molecule has 0 saturated heterocycles. The molecule has 3 aromatic rings. The van der Waals surface area contributed by atoms with Crippen LogP contribution >= 0.6 is 22.6 Å². The van der Waals surface area contributed by atoms with Crippen molar-refractivity contribution in [2.75, 3.05) is 0 Å². The summed E-state index contributed by atoms with van der Waals surface area (Å²) in [7, 11) is 0. The van der Waals surface area contributed by atoms with Crippen molar-refractivity contribution >= 4 is 57.3 Å². The van der Waals surface area contributed by atoms with E-state index in [1.807, 2.05) is 48.5 Å². The number of para-hydroxylation sites is 1. The van der Waals surface area contributed by atoms with Gasteiger partial charge in [0.25, 0.3) is 0 Å². The average Bonchev–Trinajstić information content (AvgIpc) is 3.18. The minimum atomic E-state index is -0.502. The maximum absolute atomic E-state index is 12.2. The normalized spacial score (nSPS) is 15.4. The molecule has 0 N–H and O–H groups in total. The molecule has 0 spiro atoms. The van der Waals surface area contributed by atoms with E-state index in [-0.39, 0.29) is 17.5 Å². The molecule has 2 heterocycles. The molecule has 128 valence electrons. The first-order valence-corrected chi connectivity index (χ1v) is 9.00. The van der Waals surface area contributed by atoms with Gasteiger partial charge in [-0.25, -0.2) is 9.79 Å². The van der Waals surface area contributed by atoms with Crippen LogP contribution in [0.25, 0.3) is 17.0 Å². The van der Waals surface area contributed by atoms with Crippen molar-refractivity contribution in [3.63, 3.8) is 0 Å². The topological polar surface area (TPSA) is 60.7 Å². The van der Waals surface area contributed by atoms with Crippen LogP contribution in [-0.4, -0.2) is 22.3 Å². The molecule has 0 saturated carbocycles. The Morgan fingerprint density at radius 3 is 2.62 bits per heavy atom. The van der Waals surface area contributed by atoms with Gasteiger partial charge in [-0.2, -0.15) is 0 Å². The zero-order chi connectivity index (χ0) is 18.3. The molecule has 1 aromatic heterocycles. The third-order valence-electron chi connectivity index (χ3n) is 4.09. The van der Waals surface area contributed by atoms with Gasteiger partial charge < -0.3 is 4.74 Å². The van der Waals surface area contributed by atoms with Crippen LogP contribution in [0.4, 0.5) is 0 Å². The van der Waals surface area contributed by atoms with Crippen LogP contribution in [-0.2, 0) is 9.53 Å². The van der Waals surface area contributed by atoms with Crippen molar-refractivity contribution in [1.29, 1.82) is 0 Å². The molecular weight excluding hydrogens is 443 g/mol. The van der Waals surface area contributed by atoms with Crippen molar-refractivity contribution < 1.29 is 14.3 Å². The van der Waals surface area contributed by atoms with Gasteiger partial charge in [0.05, 0.1) is 5.52 Å². The van der Waals surface area contributed by atoms with Crippen LogP contribution in [0, 0.1) is 3.57 Å². The first-order chi connectivity index (χ1) is 12.5. The molecule has 2 aromatic carbocycles. The average molecular weight is 456 g/mol. The molecule has 6 heteroatoms. The summed E-state index contributed by atoms with van der Waals surface area (Å²) in [6, 6.07) is 15.1. The van der Waals surface area contributed by atoms with Crippen molar-refractivity contribution in [2.45, 2.75) is 6.92 Å². The van der Waals surface area contributed by atoms with E-state index in [0.29, 0.717) is 0 Å². The molecule has 0 radical (unpaired) electrons. The standard InChI is InChI=1S/C20H13IN2O3/c1-12(24)23-11-14(16-4-2-3-5-18(16)23)10-17-20(25)26-19(22-17)13-6-8-15(21)9-7-13/h2-11H,1H3/b17-10+. The number of hydrogen-bond acceptors (Lipinski definition) is 4. The highest BCUT2D eigenvalue weighted by Gasteiger charge is 2.24. The molecule has 1 aliphatic heterocycles. The first-order valence-electron chi connectivity index (χ1n) is 7.92. The molecule has 1 aliphatic rings. The largest absolute Gasteiger partial charge is 0.402 e. The monoisotopic (exact) mass is 456 g/mol. The summed E-state index contributed by atoms with van der Waals surface area (Å²) < 4.78 is 7.95. The highest BCUT2D eigenvalue weighted by molar-refractivity contribution is 14.1. The maximum Gasteiger partial charge on any atom is 0.363 e. The number of nitrogens with zero attached hydrogens (tertiary/aromatic N) is 2. The maximum atomic E-state index is 12.2. The number of ether oxygens (including phenoxy) is 1. The lowest BCUT2D eigenvalue weighted by atomic mass is 10.1. The van der Waals surface area contributed by atoms with E-state index < -0.39 is 5.97 Å². The van der Waals surface area contributed by atoms with Crippen molar-refractivity contribution in [2.24, 2.45) is 4.99 Å². The third-order valence-corrected chi connectivity index (χ3v) is 4.81. The second kappa shape index (κ2) is 6.53. The van der Waals surface area contributed by atoms with Crippen molar-refractivity contribution in [1.82, 2.24) is 4.57 Å². The summed E-state index contributed by atoms with van der Waals surface area (Å²) >= 11 is 2.21. The number of esters is 1. The molecule has 0 unspecified atom stereocenters. The van der Waals surface area contributed by atoms with E-state index in [1.165, 1.54) is 6.92 Å². The molecule has 5 nitrogen and oxygen atoms in total. The number of carbonyl (C=O) groups excluding carboxylic acids is 2. The fourth-order valence-electron chi connectivity index (χ4n) is 2.85. The molecular formula is C20H13IN2O3. The summed E-state index contributed by atoms with van der Waals surface area (Å²) in [5, 5.41) is 0.876.